The fourth-order valence-electron chi connectivity index (χ4n) is 3.49. The molecule has 2 heterocycles. The largest absolute Gasteiger partial charge is 0.301 e. The Bertz CT molecular complexity index is 1030. The number of allylic oxidation sites excluding steroid dienone is 1. The van der Waals surface area contributed by atoms with Crippen LogP contribution in [0.4, 0.5) is 9.52 Å². The second kappa shape index (κ2) is 7.27. The highest BCUT2D eigenvalue weighted by Gasteiger charge is 2.33. The van der Waals surface area contributed by atoms with Gasteiger partial charge in [-0.25, -0.2) is 9.07 Å². The predicted octanol–water partition coefficient (Wildman–Crippen LogP) is 4.25. The van der Waals surface area contributed by atoms with Crippen molar-refractivity contribution in [1.29, 1.82) is 0 Å². The van der Waals surface area contributed by atoms with Crippen LogP contribution in [0, 0.1) is 11.2 Å². The number of benzene rings is 1. The Balaban J connectivity index is 1.50. The van der Waals surface area contributed by atoms with Gasteiger partial charge in [-0.15, -0.1) is 10.2 Å². The maximum absolute atomic E-state index is 13.2. The normalized spacial score (nSPS) is 18.5. The number of anilines is 1. The molecule has 0 radical (unpaired) electrons. The Morgan fingerprint density at radius 2 is 2.14 bits per heavy atom. The number of halogens is 1. The molecule has 0 spiro atoms. The monoisotopic (exact) mass is 397 g/mol. The van der Waals surface area contributed by atoms with Crippen LogP contribution in [0.2, 0.25) is 0 Å². The van der Waals surface area contributed by atoms with Gasteiger partial charge in [0, 0.05) is 6.42 Å². The Hall–Kier alpha value is -2.87. The molecule has 1 atom stereocenters. The number of amides is 1. The SMILES string of the molecule is CC1=Cc2c(cnn2-c2ccc(F)cc2)CC1(C)CCC(=O)Nc1nncs1. The minimum atomic E-state index is -0.268. The van der Waals surface area contributed by atoms with Crippen molar-refractivity contribution < 1.29 is 9.18 Å². The van der Waals surface area contributed by atoms with E-state index in [-0.39, 0.29) is 17.1 Å². The number of hydrogen-bond donors (Lipinski definition) is 1. The van der Waals surface area contributed by atoms with Gasteiger partial charge < -0.3 is 5.32 Å². The minimum absolute atomic E-state index is 0.0569. The molecule has 1 aliphatic rings. The number of hydrogen-bond acceptors (Lipinski definition) is 5. The van der Waals surface area contributed by atoms with Gasteiger partial charge in [0.25, 0.3) is 0 Å². The Morgan fingerprint density at radius 3 is 2.86 bits per heavy atom. The molecular formula is C20H20FN5OS. The molecule has 1 aliphatic carbocycles. The van der Waals surface area contributed by atoms with Crippen LogP contribution in [-0.4, -0.2) is 25.9 Å². The number of fused-ring (bicyclic) bond motifs is 1. The van der Waals surface area contributed by atoms with Crippen LogP contribution in [0.25, 0.3) is 11.8 Å². The van der Waals surface area contributed by atoms with Gasteiger partial charge in [-0.2, -0.15) is 5.10 Å². The topological polar surface area (TPSA) is 72.7 Å². The molecule has 4 rings (SSSR count). The van der Waals surface area contributed by atoms with E-state index in [9.17, 15) is 9.18 Å². The first-order valence-corrected chi connectivity index (χ1v) is 9.90. The fourth-order valence-corrected chi connectivity index (χ4v) is 3.95. The average molecular weight is 397 g/mol. The molecule has 144 valence electrons. The van der Waals surface area contributed by atoms with Crippen molar-refractivity contribution in [2.45, 2.75) is 33.1 Å². The van der Waals surface area contributed by atoms with E-state index < -0.39 is 0 Å². The average Bonchev–Trinajstić information content (AvgIpc) is 3.31. The second-order valence-corrected chi connectivity index (χ2v) is 8.13. The van der Waals surface area contributed by atoms with E-state index in [1.54, 1.807) is 17.6 Å². The van der Waals surface area contributed by atoms with Gasteiger partial charge in [0.05, 0.1) is 17.6 Å². The highest BCUT2D eigenvalue weighted by Crippen LogP contribution is 2.42. The van der Waals surface area contributed by atoms with Gasteiger partial charge >= 0.3 is 0 Å². The van der Waals surface area contributed by atoms with Gasteiger partial charge in [0.15, 0.2) is 0 Å². The molecule has 8 heteroatoms. The zero-order chi connectivity index (χ0) is 19.7. The summed E-state index contributed by atoms with van der Waals surface area (Å²) in [6.07, 6.45) is 5.92. The van der Waals surface area contributed by atoms with Crippen molar-refractivity contribution in [2.24, 2.45) is 5.41 Å². The van der Waals surface area contributed by atoms with Crippen LogP contribution in [0.1, 0.15) is 37.9 Å². The first-order chi connectivity index (χ1) is 13.4. The predicted molar refractivity (Wildman–Crippen MR) is 107 cm³/mol. The van der Waals surface area contributed by atoms with E-state index in [1.807, 2.05) is 10.9 Å². The lowest BCUT2D eigenvalue weighted by Gasteiger charge is -2.34. The number of carbonyl (C=O) groups excluding carboxylic acids is 1. The molecule has 1 N–H and O–H groups in total. The molecule has 1 unspecified atom stereocenters. The van der Waals surface area contributed by atoms with Gasteiger partial charge in [0.1, 0.15) is 11.3 Å². The molecule has 1 amide bonds. The summed E-state index contributed by atoms with van der Waals surface area (Å²) < 4.78 is 15.1. The summed E-state index contributed by atoms with van der Waals surface area (Å²) in [5.41, 5.74) is 5.63. The molecule has 0 aliphatic heterocycles. The van der Waals surface area contributed by atoms with Crippen molar-refractivity contribution >= 4 is 28.5 Å². The third kappa shape index (κ3) is 3.60. The van der Waals surface area contributed by atoms with Crippen molar-refractivity contribution in [1.82, 2.24) is 20.0 Å². The molecule has 0 saturated heterocycles. The standard InChI is InChI=1S/C20H20FN5OS/c1-13-9-17-14(11-23-26(17)16-5-3-15(21)4-6-16)10-20(13,2)8-7-18(27)24-19-25-22-12-28-19/h3-6,9,11-12H,7-8,10H2,1-2H3,(H,24,25,27). The summed E-state index contributed by atoms with van der Waals surface area (Å²) in [5.74, 6) is -0.325. The number of carbonyl (C=O) groups is 1. The molecule has 0 bridgehead atoms. The van der Waals surface area contributed by atoms with Crippen LogP contribution in [0.3, 0.4) is 0 Å². The smallest absolute Gasteiger partial charge is 0.226 e. The summed E-state index contributed by atoms with van der Waals surface area (Å²) in [5, 5.41) is 15.4. The number of nitrogens with one attached hydrogen (secondary N) is 1. The van der Waals surface area contributed by atoms with Crippen molar-refractivity contribution in [3.8, 4) is 5.69 Å². The van der Waals surface area contributed by atoms with E-state index in [1.165, 1.54) is 29.0 Å². The lowest BCUT2D eigenvalue weighted by Crippen LogP contribution is -2.26. The van der Waals surface area contributed by atoms with E-state index in [0.29, 0.717) is 11.6 Å². The van der Waals surface area contributed by atoms with Gasteiger partial charge in [-0.1, -0.05) is 23.8 Å². The summed E-state index contributed by atoms with van der Waals surface area (Å²) >= 11 is 1.30. The van der Waals surface area contributed by atoms with Crippen LogP contribution < -0.4 is 5.32 Å². The molecular weight excluding hydrogens is 377 g/mol. The Labute approximate surface area is 166 Å². The summed E-state index contributed by atoms with van der Waals surface area (Å²) in [7, 11) is 0. The van der Waals surface area contributed by atoms with E-state index in [0.717, 1.165) is 29.8 Å². The maximum atomic E-state index is 13.2. The molecule has 28 heavy (non-hydrogen) atoms. The zero-order valence-corrected chi connectivity index (χ0v) is 16.5. The van der Waals surface area contributed by atoms with Crippen molar-refractivity contribution in [3.05, 3.63) is 58.6 Å². The lowest BCUT2D eigenvalue weighted by atomic mass is 9.71. The molecule has 1 aromatic carbocycles. The minimum Gasteiger partial charge on any atom is -0.301 e. The number of nitrogens with zero attached hydrogens (tertiary/aromatic N) is 4. The van der Waals surface area contributed by atoms with E-state index in [4.69, 9.17) is 0 Å². The Morgan fingerprint density at radius 1 is 1.36 bits per heavy atom. The maximum Gasteiger partial charge on any atom is 0.226 e. The van der Waals surface area contributed by atoms with Crippen LogP contribution in [0.15, 0.2) is 41.5 Å². The lowest BCUT2D eigenvalue weighted by molar-refractivity contribution is -0.116. The van der Waals surface area contributed by atoms with Crippen molar-refractivity contribution in [2.75, 3.05) is 5.32 Å². The highest BCUT2D eigenvalue weighted by atomic mass is 32.1. The number of aromatic nitrogens is 4. The highest BCUT2D eigenvalue weighted by molar-refractivity contribution is 7.13. The number of rotatable bonds is 5. The molecule has 2 aromatic heterocycles. The first-order valence-electron chi connectivity index (χ1n) is 9.02. The first kappa shape index (κ1) is 18.5. The molecule has 3 aromatic rings. The third-order valence-electron chi connectivity index (χ3n) is 5.35. The van der Waals surface area contributed by atoms with E-state index >= 15 is 0 Å². The quantitative estimate of drug-likeness (QED) is 0.699. The molecule has 0 saturated carbocycles. The Kier molecular flexibility index (Phi) is 4.80. The molecule has 0 fully saturated rings. The summed E-state index contributed by atoms with van der Waals surface area (Å²) in [6.45, 7) is 4.27. The van der Waals surface area contributed by atoms with Crippen LogP contribution in [-0.2, 0) is 11.2 Å². The second-order valence-electron chi connectivity index (χ2n) is 7.30. The summed E-state index contributed by atoms with van der Waals surface area (Å²) in [4.78, 5) is 12.2. The van der Waals surface area contributed by atoms with E-state index in [2.05, 4.69) is 40.5 Å². The van der Waals surface area contributed by atoms with Crippen molar-refractivity contribution in [3.63, 3.8) is 0 Å². The van der Waals surface area contributed by atoms with Gasteiger partial charge in [-0.3, -0.25) is 4.79 Å². The van der Waals surface area contributed by atoms with Gasteiger partial charge in [0.2, 0.25) is 11.0 Å². The molecule has 6 nitrogen and oxygen atoms in total. The summed E-state index contributed by atoms with van der Waals surface area (Å²) in [6, 6.07) is 6.31. The van der Waals surface area contributed by atoms with Gasteiger partial charge in [-0.05, 0) is 61.1 Å². The van der Waals surface area contributed by atoms with Crippen LogP contribution >= 0.6 is 11.3 Å². The third-order valence-corrected chi connectivity index (χ3v) is 5.96. The van der Waals surface area contributed by atoms with Crippen LogP contribution in [0.5, 0.6) is 0 Å². The zero-order valence-electron chi connectivity index (χ0n) is 15.6. The fraction of sp³-hybridized carbons (Fsp3) is 0.300.